The van der Waals surface area contributed by atoms with Crippen LogP contribution in [0.15, 0.2) is 29.3 Å². The molecule has 0 fully saturated rings. The highest BCUT2D eigenvalue weighted by Gasteiger charge is 2.27. The van der Waals surface area contributed by atoms with Crippen LogP contribution in [-0.4, -0.2) is 45.0 Å². The molecule has 0 aromatic heterocycles. The van der Waals surface area contributed by atoms with Crippen LogP contribution < -0.4 is 10.6 Å². The van der Waals surface area contributed by atoms with Crippen LogP contribution in [0.5, 0.6) is 0 Å². The maximum absolute atomic E-state index is 13.5. The third-order valence-electron chi connectivity index (χ3n) is 2.97. The Morgan fingerprint density at radius 1 is 1.20 bits per heavy atom. The average Bonchev–Trinajstić information content (AvgIpc) is 2.51. The van der Waals surface area contributed by atoms with Crippen molar-refractivity contribution in [2.75, 3.05) is 32.8 Å². The number of aliphatic imine (C=N–C) groups is 1. The van der Waals surface area contributed by atoms with Crippen molar-refractivity contribution in [3.05, 3.63) is 35.6 Å². The number of nitrogens with zero attached hydrogens (tertiary/aromatic N) is 1. The minimum absolute atomic E-state index is 0. The molecule has 0 bridgehead atoms. The van der Waals surface area contributed by atoms with Crippen LogP contribution in [0.2, 0.25) is 0 Å². The fourth-order valence-electron chi connectivity index (χ4n) is 1.90. The number of guanidine groups is 1. The van der Waals surface area contributed by atoms with E-state index in [4.69, 9.17) is 0 Å². The average molecular weight is 477 g/mol. The zero-order valence-electron chi connectivity index (χ0n) is 14.0. The first-order chi connectivity index (χ1) is 11.4. The van der Waals surface area contributed by atoms with Gasteiger partial charge in [0.2, 0.25) is 0 Å². The Morgan fingerprint density at radius 3 is 2.56 bits per heavy atom. The van der Waals surface area contributed by atoms with Crippen LogP contribution in [0.25, 0.3) is 0 Å². The van der Waals surface area contributed by atoms with E-state index in [9.17, 15) is 17.6 Å². The van der Waals surface area contributed by atoms with Gasteiger partial charge >= 0.3 is 6.18 Å². The molecule has 144 valence electrons. The quantitative estimate of drug-likeness (QED) is 0.188. The monoisotopic (exact) mass is 477 g/mol. The minimum atomic E-state index is -4.30. The highest BCUT2D eigenvalue weighted by molar-refractivity contribution is 14.0. The second-order valence-corrected chi connectivity index (χ2v) is 5.05. The van der Waals surface area contributed by atoms with Crippen molar-refractivity contribution in [1.29, 1.82) is 0 Å². The van der Waals surface area contributed by atoms with Crippen LogP contribution in [0.1, 0.15) is 18.9 Å². The summed E-state index contributed by atoms with van der Waals surface area (Å²) in [5.74, 6) is 0.299. The predicted octanol–water partition coefficient (Wildman–Crippen LogP) is 3.51. The number of hydrogen-bond acceptors (Lipinski definition) is 2. The lowest BCUT2D eigenvalue weighted by atomic mass is 10.1. The van der Waals surface area contributed by atoms with Crippen molar-refractivity contribution < 1.29 is 22.3 Å². The van der Waals surface area contributed by atoms with Crippen molar-refractivity contribution in [1.82, 2.24) is 10.6 Å². The Balaban J connectivity index is 0.00000576. The standard InChI is InChI=1S/C16H23F4N3O.HI/c1-2-21-15(22-9-5-11-24-12-16(18,19)20)23-10-8-13-6-3-4-7-14(13)17;/h3-4,6-7H,2,5,8-12H2,1H3,(H2,21,22,23);1H. The van der Waals surface area contributed by atoms with Crippen LogP contribution in [0.3, 0.4) is 0 Å². The van der Waals surface area contributed by atoms with Crippen molar-refractivity contribution in [3.8, 4) is 0 Å². The molecule has 0 aliphatic heterocycles. The van der Waals surface area contributed by atoms with Gasteiger partial charge in [-0.25, -0.2) is 4.39 Å². The second kappa shape index (κ2) is 13.2. The lowest BCUT2D eigenvalue weighted by molar-refractivity contribution is -0.173. The molecule has 1 rings (SSSR count). The number of halogens is 5. The fourth-order valence-corrected chi connectivity index (χ4v) is 1.90. The van der Waals surface area contributed by atoms with Gasteiger partial charge in [-0.2, -0.15) is 13.2 Å². The first-order valence-corrected chi connectivity index (χ1v) is 7.82. The summed E-state index contributed by atoms with van der Waals surface area (Å²) in [4.78, 5) is 4.24. The number of rotatable bonds is 9. The first kappa shape index (κ1) is 23.9. The summed E-state index contributed by atoms with van der Waals surface area (Å²) in [7, 11) is 0. The molecule has 1 aromatic rings. The Kier molecular flexibility index (Phi) is 12.6. The SMILES string of the molecule is CCNC(=NCCCOCC(F)(F)F)NCCc1ccccc1F.I. The largest absolute Gasteiger partial charge is 0.411 e. The summed E-state index contributed by atoms with van der Waals surface area (Å²) in [6.07, 6.45) is -3.40. The van der Waals surface area contributed by atoms with Crippen molar-refractivity contribution in [3.63, 3.8) is 0 Å². The maximum atomic E-state index is 13.5. The highest BCUT2D eigenvalue weighted by Crippen LogP contribution is 2.14. The van der Waals surface area contributed by atoms with E-state index in [0.717, 1.165) is 0 Å². The number of nitrogens with one attached hydrogen (secondary N) is 2. The number of hydrogen-bond donors (Lipinski definition) is 2. The third kappa shape index (κ3) is 12.0. The molecule has 0 spiro atoms. The summed E-state index contributed by atoms with van der Waals surface area (Å²) < 4.78 is 53.7. The Bertz CT molecular complexity index is 512. The fraction of sp³-hybridized carbons (Fsp3) is 0.562. The molecule has 4 nitrogen and oxygen atoms in total. The predicted molar refractivity (Wildman–Crippen MR) is 101 cm³/mol. The number of benzene rings is 1. The smallest absolute Gasteiger partial charge is 0.372 e. The Hall–Kier alpha value is -1.10. The number of ether oxygens (including phenoxy) is 1. The molecule has 1 aromatic carbocycles. The van der Waals surface area contributed by atoms with E-state index >= 15 is 0 Å². The van der Waals surface area contributed by atoms with E-state index < -0.39 is 12.8 Å². The lowest BCUT2D eigenvalue weighted by Crippen LogP contribution is -2.38. The van der Waals surface area contributed by atoms with Gasteiger partial charge in [0, 0.05) is 26.2 Å². The van der Waals surface area contributed by atoms with Crippen LogP contribution in [0.4, 0.5) is 17.6 Å². The van der Waals surface area contributed by atoms with E-state index in [1.165, 1.54) is 6.07 Å². The second-order valence-electron chi connectivity index (χ2n) is 5.05. The van der Waals surface area contributed by atoms with Gasteiger partial charge in [-0.1, -0.05) is 18.2 Å². The molecule has 25 heavy (non-hydrogen) atoms. The number of alkyl halides is 3. The van der Waals surface area contributed by atoms with Crippen molar-refractivity contribution in [2.45, 2.75) is 25.9 Å². The molecule has 0 radical (unpaired) electrons. The van der Waals surface area contributed by atoms with Gasteiger partial charge < -0.3 is 15.4 Å². The van der Waals surface area contributed by atoms with Crippen molar-refractivity contribution in [2.24, 2.45) is 4.99 Å². The zero-order valence-corrected chi connectivity index (χ0v) is 16.4. The van der Waals surface area contributed by atoms with E-state index in [1.54, 1.807) is 18.2 Å². The zero-order chi connectivity index (χ0) is 17.8. The molecular weight excluding hydrogens is 453 g/mol. The molecule has 0 unspecified atom stereocenters. The Morgan fingerprint density at radius 2 is 1.92 bits per heavy atom. The van der Waals surface area contributed by atoms with E-state index in [1.807, 2.05) is 6.92 Å². The minimum Gasteiger partial charge on any atom is -0.372 e. The molecule has 0 saturated carbocycles. The summed E-state index contributed by atoms with van der Waals surface area (Å²) >= 11 is 0. The van der Waals surface area contributed by atoms with Crippen LogP contribution >= 0.6 is 24.0 Å². The van der Waals surface area contributed by atoms with Gasteiger partial charge in [-0.3, -0.25) is 4.99 Å². The summed E-state index contributed by atoms with van der Waals surface area (Å²) in [6.45, 7) is 2.15. The molecule has 0 heterocycles. The molecule has 0 aliphatic carbocycles. The van der Waals surface area contributed by atoms with Gasteiger partial charge in [0.15, 0.2) is 5.96 Å². The molecule has 0 atom stereocenters. The van der Waals surface area contributed by atoms with E-state index in [0.29, 0.717) is 44.0 Å². The van der Waals surface area contributed by atoms with Gasteiger partial charge in [0.25, 0.3) is 0 Å². The van der Waals surface area contributed by atoms with Gasteiger partial charge in [-0.05, 0) is 31.4 Å². The topological polar surface area (TPSA) is 45.7 Å². The van der Waals surface area contributed by atoms with Gasteiger partial charge in [0.05, 0.1) is 0 Å². The Labute approximate surface area is 162 Å². The molecule has 0 aliphatic rings. The molecule has 2 N–H and O–H groups in total. The van der Waals surface area contributed by atoms with Crippen LogP contribution in [-0.2, 0) is 11.2 Å². The van der Waals surface area contributed by atoms with Crippen LogP contribution in [0, 0.1) is 5.82 Å². The highest BCUT2D eigenvalue weighted by atomic mass is 127. The van der Waals surface area contributed by atoms with E-state index in [2.05, 4.69) is 20.4 Å². The molecule has 0 amide bonds. The summed E-state index contributed by atoms with van der Waals surface area (Å²) in [5, 5.41) is 6.09. The maximum Gasteiger partial charge on any atom is 0.411 e. The van der Waals surface area contributed by atoms with Gasteiger partial charge in [-0.15, -0.1) is 24.0 Å². The van der Waals surface area contributed by atoms with Crippen molar-refractivity contribution >= 4 is 29.9 Å². The third-order valence-corrected chi connectivity index (χ3v) is 2.97. The molecule has 9 heteroatoms. The normalized spacial score (nSPS) is 11.8. The van der Waals surface area contributed by atoms with E-state index in [-0.39, 0.29) is 36.4 Å². The first-order valence-electron chi connectivity index (χ1n) is 7.82. The molecule has 0 saturated heterocycles. The summed E-state index contributed by atoms with van der Waals surface area (Å²) in [5.41, 5.74) is 0.612. The van der Waals surface area contributed by atoms with Gasteiger partial charge in [0.1, 0.15) is 12.4 Å². The summed E-state index contributed by atoms with van der Waals surface area (Å²) in [6, 6.07) is 6.55. The lowest BCUT2D eigenvalue weighted by Gasteiger charge is -2.12. The molecular formula is C16H24F4IN3O.